The molecule has 0 aromatic carbocycles. The summed E-state index contributed by atoms with van der Waals surface area (Å²) in [7, 11) is 0. The highest BCUT2D eigenvalue weighted by atomic mass is 16.7. The van der Waals surface area contributed by atoms with E-state index in [0.717, 1.165) is 0 Å². The summed E-state index contributed by atoms with van der Waals surface area (Å²) in [5.41, 5.74) is -1.82. The zero-order chi connectivity index (χ0) is 24.5. The maximum absolute atomic E-state index is 12.5. The number of carbonyl (C=O) groups excluding carboxylic acids is 2. The largest absolute Gasteiger partial charge is 0.393 e. The zero-order valence-electron chi connectivity index (χ0n) is 21.2. The van der Waals surface area contributed by atoms with Gasteiger partial charge in [0.2, 0.25) is 0 Å². The zero-order valence-corrected chi connectivity index (χ0v) is 21.2. The summed E-state index contributed by atoms with van der Waals surface area (Å²) < 4.78 is 0. The Morgan fingerprint density at radius 3 is 1.16 bits per heavy atom. The molecule has 186 valence electrons. The maximum Gasteiger partial charge on any atom is 0.325 e. The predicted octanol–water partition coefficient (Wildman–Crippen LogP) is 3.49. The second kappa shape index (κ2) is 9.57. The van der Waals surface area contributed by atoms with Gasteiger partial charge in [0.1, 0.15) is 0 Å². The van der Waals surface area contributed by atoms with E-state index < -0.39 is 34.4 Å². The van der Waals surface area contributed by atoms with E-state index in [2.05, 4.69) is 0 Å². The number of carbonyl (C=O) groups is 2. The molecular formula is C24H44N2O6. The number of hydrogen-bond donors (Lipinski definition) is 2. The Hall–Kier alpha value is -1.22. The molecule has 2 fully saturated rings. The Kier molecular flexibility index (Phi) is 8.08. The first-order chi connectivity index (χ1) is 14.5. The molecule has 0 aromatic heterocycles. The van der Waals surface area contributed by atoms with Gasteiger partial charge in [-0.2, -0.15) is 0 Å². The molecule has 2 saturated heterocycles. The van der Waals surface area contributed by atoms with Gasteiger partial charge in [-0.1, -0.05) is 0 Å². The van der Waals surface area contributed by atoms with Crippen LogP contribution in [0.5, 0.6) is 0 Å². The normalized spacial score (nSPS) is 25.9. The number of piperidine rings is 2. The van der Waals surface area contributed by atoms with Gasteiger partial charge in [-0.15, -0.1) is 10.1 Å². The van der Waals surface area contributed by atoms with E-state index in [0.29, 0.717) is 38.5 Å². The molecule has 32 heavy (non-hydrogen) atoms. The Labute approximate surface area is 193 Å². The average molecular weight is 457 g/mol. The predicted molar refractivity (Wildman–Crippen MR) is 121 cm³/mol. The molecule has 0 aromatic rings. The smallest absolute Gasteiger partial charge is 0.325 e. The topological polar surface area (TPSA) is 99.5 Å². The summed E-state index contributed by atoms with van der Waals surface area (Å²) >= 11 is 0. The first kappa shape index (κ1) is 27.0. The van der Waals surface area contributed by atoms with Crippen molar-refractivity contribution in [1.82, 2.24) is 10.1 Å². The van der Waals surface area contributed by atoms with E-state index in [-0.39, 0.29) is 24.8 Å². The average Bonchev–Trinajstić information content (AvgIpc) is 2.56. The highest BCUT2D eigenvalue weighted by Gasteiger charge is 2.48. The molecule has 2 N–H and O–H groups in total. The van der Waals surface area contributed by atoms with E-state index >= 15 is 0 Å². The second-order valence-corrected chi connectivity index (χ2v) is 12.1. The van der Waals surface area contributed by atoms with Crippen LogP contribution in [-0.4, -0.2) is 66.6 Å². The minimum atomic E-state index is -0.456. The molecule has 0 aliphatic carbocycles. The summed E-state index contributed by atoms with van der Waals surface area (Å²) in [4.78, 5) is 36.3. The molecule has 0 saturated carbocycles. The Morgan fingerprint density at radius 1 is 0.656 bits per heavy atom. The molecule has 0 amide bonds. The summed E-state index contributed by atoms with van der Waals surface area (Å²) in [6, 6.07) is 0. The Morgan fingerprint density at radius 2 is 0.906 bits per heavy atom. The third-order valence-electron chi connectivity index (χ3n) is 6.54. The van der Waals surface area contributed by atoms with E-state index in [1.54, 1.807) is 10.1 Å². The van der Waals surface area contributed by atoms with Crippen LogP contribution in [0.25, 0.3) is 0 Å². The summed E-state index contributed by atoms with van der Waals surface area (Å²) in [5.74, 6) is -0.661. The van der Waals surface area contributed by atoms with Gasteiger partial charge in [-0.25, -0.2) is 0 Å². The van der Waals surface area contributed by atoms with Crippen LogP contribution in [0.3, 0.4) is 0 Å². The van der Waals surface area contributed by atoms with Crippen LogP contribution in [0.1, 0.15) is 107 Å². The third-order valence-corrected chi connectivity index (χ3v) is 6.54. The number of nitrogens with zero attached hydrogens (tertiary/aromatic N) is 2. The molecule has 8 heteroatoms. The number of aliphatic hydroxyl groups is 2. The van der Waals surface area contributed by atoms with Gasteiger partial charge in [-0.3, -0.25) is 9.59 Å². The molecular weight excluding hydrogens is 412 g/mol. The molecule has 0 radical (unpaired) electrons. The fourth-order valence-corrected chi connectivity index (χ4v) is 5.75. The number of hydroxylamine groups is 4. The highest BCUT2D eigenvalue weighted by Crippen LogP contribution is 2.40. The number of hydrogen-bond acceptors (Lipinski definition) is 8. The first-order valence-electron chi connectivity index (χ1n) is 11.8. The van der Waals surface area contributed by atoms with Crippen molar-refractivity contribution in [3.05, 3.63) is 0 Å². The van der Waals surface area contributed by atoms with Crippen molar-refractivity contribution in [1.29, 1.82) is 0 Å². The standard InChI is InChI=1S/C24H44N2O6/c1-21(2)13-17(27)14-22(3,4)25(21)31-19(29)11-9-10-12-20(30)32-26-23(5,6)15-18(28)16-24(26,7)8/h17-18,27-28H,9-16H2,1-8H3. The Bertz CT molecular complexity index is 594. The summed E-state index contributed by atoms with van der Waals surface area (Å²) in [5, 5.41) is 23.7. The van der Waals surface area contributed by atoms with E-state index in [9.17, 15) is 19.8 Å². The summed E-state index contributed by atoms with van der Waals surface area (Å²) in [6.45, 7) is 15.7. The lowest BCUT2D eigenvalue weighted by atomic mass is 9.80. The maximum atomic E-state index is 12.5. The van der Waals surface area contributed by atoms with Gasteiger partial charge in [0, 0.05) is 12.8 Å². The van der Waals surface area contributed by atoms with E-state index in [4.69, 9.17) is 9.68 Å². The van der Waals surface area contributed by atoms with E-state index in [1.165, 1.54) is 0 Å². The minimum absolute atomic E-state index is 0.214. The van der Waals surface area contributed by atoms with Crippen molar-refractivity contribution in [3.8, 4) is 0 Å². The van der Waals surface area contributed by atoms with E-state index in [1.807, 2.05) is 55.4 Å². The van der Waals surface area contributed by atoms with Crippen LogP contribution in [-0.2, 0) is 19.3 Å². The van der Waals surface area contributed by atoms with Gasteiger partial charge < -0.3 is 19.9 Å². The minimum Gasteiger partial charge on any atom is -0.393 e. The molecule has 0 atom stereocenters. The molecule has 8 nitrogen and oxygen atoms in total. The quantitative estimate of drug-likeness (QED) is 0.562. The fraction of sp³-hybridized carbons (Fsp3) is 0.917. The van der Waals surface area contributed by atoms with Gasteiger partial charge in [0.25, 0.3) is 0 Å². The molecule has 2 aliphatic heterocycles. The van der Waals surface area contributed by atoms with Crippen molar-refractivity contribution in [2.24, 2.45) is 0 Å². The molecule has 0 bridgehead atoms. The molecule has 2 aliphatic rings. The number of aliphatic hydroxyl groups excluding tert-OH is 2. The molecule has 0 unspecified atom stereocenters. The van der Waals surface area contributed by atoms with Crippen molar-refractivity contribution >= 4 is 11.9 Å². The van der Waals surface area contributed by atoms with Gasteiger partial charge in [0.15, 0.2) is 0 Å². The van der Waals surface area contributed by atoms with Crippen LogP contribution in [0.15, 0.2) is 0 Å². The van der Waals surface area contributed by atoms with Gasteiger partial charge in [-0.05, 0) is 93.9 Å². The van der Waals surface area contributed by atoms with Crippen LogP contribution in [0.4, 0.5) is 0 Å². The SMILES string of the molecule is CC1(C)CC(O)CC(C)(C)N1OC(=O)CCCCC(=O)ON1C(C)(C)CC(O)CC1(C)C. The highest BCUT2D eigenvalue weighted by molar-refractivity contribution is 5.70. The van der Waals surface area contributed by atoms with Crippen molar-refractivity contribution < 1.29 is 29.5 Å². The van der Waals surface area contributed by atoms with Crippen LogP contribution in [0.2, 0.25) is 0 Å². The van der Waals surface area contributed by atoms with Crippen LogP contribution >= 0.6 is 0 Å². The van der Waals surface area contributed by atoms with Crippen molar-refractivity contribution in [2.45, 2.75) is 141 Å². The number of rotatable bonds is 7. The van der Waals surface area contributed by atoms with Crippen molar-refractivity contribution in [3.63, 3.8) is 0 Å². The lowest BCUT2D eigenvalue weighted by Gasteiger charge is -2.51. The van der Waals surface area contributed by atoms with Gasteiger partial charge >= 0.3 is 11.9 Å². The Balaban J connectivity index is 1.79. The second-order valence-electron chi connectivity index (χ2n) is 12.1. The molecule has 0 spiro atoms. The van der Waals surface area contributed by atoms with Crippen LogP contribution < -0.4 is 0 Å². The lowest BCUT2D eigenvalue weighted by molar-refractivity contribution is -0.276. The first-order valence-corrected chi connectivity index (χ1v) is 11.8. The number of unbranched alkanes of at least 4 members (excludes halogenated alkanes) is 1. The van der Waals surface area contributed by atoms with Crippen LogP contribution in [0, 0.1) is 0 Å². The summed E-state index contributed by atoms with van der Waals surface area (Å²) in [6.07, 6.45) is 2.79. The van der Waals surface area contributed by atoms with Crippen molar-refractivity contribution in [2.75, 3.05) is 0 Å². The lowest BCUT2D eigenvalue weighted by Crippen LogP contribution is -2.62. The molecule has 2 heterocycles. The molecule has 2 rings (SSSR count). The monoisotopic (exact) mass is 456 g/mol. The van der Waals surface area contributed by atoms with Gasteiger partial charge in [0.05, 0.1) is 34.4 Å². The third kappa shape index (κ3) is 6.65. The fourth-order valence-electron chi connectivity index (χ4n) is 5.75.